The van der Waals surface area contributed by atoms with E-state index < -0.39 is 17.3 Å². The number of amides is 2. The number of carbonyl (C=O) groups excluding carboxylic acids is 3. The molecular weight excluding hydrogens is 398 g/mol. The highest BCUT2D eigenvalue weighted by Crippen LogP contribution is 2.21. The smallest absolute Gasteiger partial charge is 0.418 e. The molecule has 1 aromatic carbocycles. The summed E-state index contributed by atoms with van der Waals surface area (Å²) in [6.07, 6.45) is 0.830. The molecule has 1 aliphatic heterocycles. The van der Waals surface area contributed by atoms with E-state index in [-0.39, 0.29) is 12.0 Å². The van der Waals surface area contributed by atoms with Gasteiger partial charge < -0.3 is 19.3 Å². The van der Waals surface area contributed by atoms with Gasteiger partial charge in [0.15, 0.2) is 0 Å². The van der Waals surface area contributed by atoms with E-state index in [1.165, 1.54) is 4.57 Å². The molecule has 1 aromatic heterocycles. The van der Waals surface area contributed by atoms with Crippen LogP contribution in [0.4, 0.5) is 9.59 Å². The van der Waals surface area contributed by atoms with Gasteiger partial charge in [-0.25, -0.2) is 9.59 Å². The zero-order valence-corrected chi connectivity index (χ0v) is 19.1. The fourth-order valence-electron chi connectivity index (χ4n) is 3.35. The molecule has 31 heavy (non-hydrogen) atoms. The van der Waals surface area contributed by atoms with E-state index in [9.17, 15) is 14.4 Å². The summed E-state index contributed by atoms with van der Waals surface area (Å²) >= 11 is 0. The third kappa shape index (κ3) is 5.57. The number of rotatable bonds is 1. The van der Waals surface area contributed by atoms with E-state index in [1.54, 1.807) is 40.3 Å². The lowest BCUT2D eigenvalue weighted by Crippen LogP contribution is -2.51. The maximum absolute atomic E-state index is 13.0. The van der Waals surface area contributed by atoms with Gasteiger partial charge in [-0.3, -0.25) is 9.36 Å². The summed E-state index contributed by atoms with van der Waals surface area (Å²) in [5.41, 5.74) is 0.0842. The summed E-state index contributed by atoms with van der Waals surface area (Å²) in [4.78, 5) is 40.9. The van der Waals surface area contributed by atoms with Crippen molar-refractivity contribution in [1.29, 1.82) is 0 Å². The zero-order chi connectivity index (χ0) is 23.0. The highest BCUT2D eigenvalue weighted by Gasteiger charge is 2.28. The van der Waals surface area contributed by atoms with Crippen molar-refractivity contribution < 1.29 is 23.9 Å². The van der Waals surface area contributed by atoms with Crippen LogP contribution in [0.2, 0.25) is 0 Å². The molecule has 3 rings (SSSR count). The number of fused-ring (bicyclic) bond motifs is 1. The highest BCUT2D eigenvalue weighted by atomic mass is 16.6. The van der Waals surface area contributed by atoms with Crippen molar-refractivity contribution in [1.82, 2.24) is 14.4 Å². The van der Waals surface area contributed by atoms with Crippen molar-refractivity contribution in [2.45, 2.75) is 52.7 Å². The predicted molar refractivity (Wildman–Crippen MR) is 117 cm³/mol. The van der Waals surface area contributed by atoms with Gasteiger partial charge in [0.1, 0.15) is 11.2 Å². The number of carbonyl (C=O) groups is 3. The lowest BCUT2D eigenvalue weighted by atomic mass is 10.1. The summed E-state index contributed by atoms with van der Waals surface area (Å²) in [6.45, 7) is 12.7. The standard InChI is InChI=1S/C23H31N3O5/c1-22(2,3)30-20(28)25-13-11-24(12-14-25)19(27)17-7-8-18-16(15-17)9-10-26(18)21(29)31-23(4,5)6/h7-10,15H,11-14H2,1-6H3. The molecule has 0 N–H and O–H groups in total. The molecule has 8 nitrogen and oxygen atoms in total. The summed E-state index contributed by atoms with van der Waals surface area (Å²) in [5, 5.41) is 0.782. The van der Waals surface area contributed by atoms with Crippen LogP contribution < -0.4 is 0 Å². The third-order valence-corrected chi connectivity index (χ3v) is 4.75. The van der Waals surface area contributed by atoms with Crippen molar-refractivity contribution in [2.75, 3.05) is 26.2 Å². The molecule has 0 unspecified atom stereocenters. The second-order valence-electron chi connectivity index (χ2n) is 9.70. The van der Waals surface area contributed by atoms with E-state index >= 15 is 0 Å². The Kier molecular flexibility index (Phi) is 6.02. The Hall–Kier alpha value is -3.03. The fraction of sp³-hybridized carbons (Fsp3) is 0.522. The molecule has 0 spiro atoms. The summed E-state index contributed by atoms with van der Waals surface area (Å²) in [5.74, 6) is -0.101. The van der Waals surface area contributed by atoms with E-state index in [4.69, 9.17) is 9.47 Å². The van der Waals surface area contributed by atoms with Gasteiger partial charge in [-0.2, -0.15) is 0 Å². The Labute approximate surface area is 182 Å². The van der Waals surface area contributed by atoms with Gasteiger partial charge in [-0.15, -0.1) is 0 Å². The van der Waals surface area contributed by atoms with Gasteiger partial charge in [-0.05, 0) is 65.8 Å². The number of piperazine rings is 1. The Bertz CT molecular complexity index is 989. The SMILES string of the molecule is CC(C)(C)OC(=O)N1CCN(C(=O)c2ccc3c(ccn3C(=O)OC(C)(C)C)c2)CC1. The predicted octanol–water partition coefficient (Wildman–Crippen LogP) is 4.12. The first-order valence-electron chi connectivity index (χ1n) is 10.5. The second kappa shape index (κ2) is 8.24. The van der Waals surface area contributed by atoms with Crippen molar-refractivity contribution >= 4 is 29.0 Å². The fourth-order valence-corrected chi connectivity index (χ4v) is 3.35. The van der Waals surface area contributed by atoms with Crippen LogP contribution in [0.15, 0.2) is 30.5 Å². The van der Waals surface area contributed by atoms with Crippen LogP contribution in [0.5, 0.6) is 0 Å². The average molecular weight is 430 g/mol. The van der Waals surface area contributed by atoms with E-state index in [1.807, 2.05) is 41.5 Å². The van der Waals surface area contributed by atoms with Crippen molar-refractivity contribution in [3.05, 3.63) is 36.0 Å². The molecule has 2 amide bonds. The minimum atomic E-state index is -0.592. The lowest BCUT2D eigenvalue weighted by Gasteiger charge is -2.35. The highest BCUT2D eigenvalue weighted by molar-refractivity contribution is 5.99. The minimum absolute atomic E-state index is 0.101. The van der Waals surface area contributed by atoms with Gasteiger partial charge in [0.25, 0.3) is 5.91 Å². The van der Waals surface area contributed by atoms with Crippen molar-refractivity contribution in [2.24, 2.45) is 0 Å². The number of ether oxygens (including phenoxy) is 2. The molecule has 8 heteroatoms. The van der Waals surface area contributed by atoms with E-state index in [0.717, 1.165) is 5.39 Å². The zero-order valence-electron chi connectivity index (χ0n) is 19.1. The van der Waals surface area contributed by atoms with Gasteiger partial charge in [0, 0.05) is 43.3 Å². The Morgan fingerprint density at radius 2 is 1.32 bits per heavy atom. The van der Waals surface area contributed by atoms with Crippen molar-refractivity contribution in [3.63, 3.8) is 0 Å². The first kappa shape index (κ1) is 22.7. The largest absolute Gasteiger partial charge is 0.444 e. The van der Waals surface area contributed by atoms with Gasteiger partial charge >= 0.3 is 12.2 Å². The van der Waals surface area contributed by atoms with E-state index in [0.29, 0.717) is 37.3 Å². The molecule has 1 saturated heterocycles. The first-order chi connectivity index (χ1) is 14.3. The van der Waals surface area contributed by atoms with Crippen molar-refractivity contribution in [3.8, 4) is 0 Å². The molecule has 0 saturated carbocycles. The third-order valence-electron chi connectivity index (χ3n) is 4.75. The summed E-state index contributed by atoms with van der Waals surface area (Å²) in [6, 6.07) is 7.03. The number of hydrogen-bond acceptors (Lipinski definition) is 5. The summed E-state index contributed by atoms with van der Waals surface area (Å²) < 4.78 is 12.3. The van der Waals surface area contributed by atoms with Crippen LogP contribution >= 0.6 is 0 Å². The van der Waals surface area contributed by atoms with Crippen LogP contribution in [-0.4, -0.2) is 69.8 Å². The number of aromatic nitrogens is 1. The maximum Gasteiger partial charge on any atom is 0.418 e. The molecule has 168 valence electrons. The second-order valence-corrected chi connectivity index (χ2v) is 9.70. The van der Waals surface area contributed by atoms with Gasteiger partial charge in [0.2, 0.25) is 0 Å². The monoisotopic (exact) mass is 429 g/mol. The first-order valence-corrected chi connectivity index (χ1v) is 10.5. The van der Waals surface area contributed by atoms with Gasteiger partial charge in [0.05, 0.1) is 5.52 Å². The number of benzene rings is 1. The van der Waals surface area contributed by atoms with Crippen LogP contribution in [-0.2, 0) is 9.47 Å². The van der Waals surface area contributed by atoms with E-state index in [2.05, 4.69) is 0 Å². The number of nitrogens with zero attached hydrogens (tertiary/aromatic N) is 3. The average Bonchev–Trinajstić information content (AvgIpc) is 3.08. The molecule has 0 radical (unpaired) electrons. The quantitative estimate of drug-likeness (QED) is 0.681. The van der Waals surface area contributed by atoms with Crippen LogP contribution in [0.3, 0.4) is 0 Å². The topological polar surface area (TPSA) is 81.1 Å². The molecule has 2 heterocycles. The maximum atomic E-state index is 13.0. The Morgan fingerprint density at radius 3 is 1.90 bits per heavy atom. The Balaban J connectivity index is 1.67. The normalized spacial score (nSPS) is 15.2. The number of hydrogen-bond donors (Lipinski definition) is 0. The molecule has 0 aliphatic carbocycles. The van der Waals surface area contributed by atoms with Crippen LogP contribution in [0, 0.1) is 0 Å². The molecule has 2 aromatic rings. The molecule has 0 bridgehead atoms. The van der Waals surface area contributed by atoms with Gasteiger partial charge in [-0.1, -0.05) is 0 Å². The lowest BCUT2D eigenvalue weighted by molar-refractivity contribution is 0.0141. The molecular formula is C23H31N3O5. The van der Waals surface area contributed by atoms with Crippen LogP contribution in [0.1, 0.15) is 51.9 Å². The summed E-state index contributed by atoms with van der Waals surface area (Å²) in [7, 11) is 0. The minimum Gasteiger partial charge on any atom is -0.444 e. The molecule has 0 atom stereocenters. The van der Waals surface area contributed by atoms with Crippen LogP contribution in [0.25, 0.3) is 10.9 Å². The molecule has 1 fully saturated rings. The Morgan fingerprint density at radius 1 is 0.774 bits per heavy atom. The molecule has 1 aliphatic rings.